The van der Waals surface area contributed by atoms with Gasteiger partial charge >= 0.3 is 0 Å². The number of nitrogens with zero attached hydrogens (tertiary/aromatic N) is 2. The van der Waals surface area contributed by atoms with Crippen LogP contribution in [0.25, 0.3) is 0 Å². The van der Waals surface area contributed by atoms with Crippen molar-refractivity contribution in [1.29, 1.82) is 0 Å². The van der Waals surface area contributed by atoms with E-state index in [-0.39, 0.29) is 0 Å². The van der Waals surface area contributed by atoms with Crippen molar-refractivity contribution in [3.05, 3.63) is 0 Å². The van der Waals surface area contributed by atoms with E-state index in [9.17, 15) is 0 Å². The second-order valence-electron chi connectivity index (χ2n) is 6.54. The van der Waals surface area contributed by atoms with Crippen LogP contribution in [-0.2, 0) is 4.74 Å². The summed E-state index contributed by atoms with van der Waals surface area (Å²) in [5.41, 5.74) is 0. The molecule has 3 rings (SSSR count). The number of nitrogens with one attached hydrogen (secondary N) is 1. The topological polar surface area (TPSA) is 27.7 Å². The molecule has 3 saturated heterocycles. The van der Waals surface area contributed by atoms with Crippen LogP contribution in [-0.4, -0.2) is 73.9 Å². The fourth-order valence-electron chi connectivity index (χ4n) is 3.71. The number of fused-ring (bicyclic) bond motifs is 1. The van der Waals surface area contributed by atoms with Gasteiger partial charge in [0.25, 0.3) is 0 Å². The van der Waals surface area contributed by atoms with E-state index in [1.54, 1.807) is 0 Å². The maximum absolute atomic E-state index is 6.09. The van der Waals surface area contributed by atoms with Gasteiger partial charge in [0, 0.05) is 25.2 Å². The normalized spacial score (nSPS) is 38.7. The highest BCUT2D eigenvalue weighted by Gasteiger charge is 2.32. The Kier molecular flexibility index (Phi) is 4.74. The fourth-order valence-corrected chi connectivity index (χ4v) is 3.71. The predicted octanol–water partition coefficient (Wildman–Crippen LogP) is 0.924. The molecule has 0 bridgehead atoms. The van der Waals surface area contributed by atoms with Gasteiger partial charge in [-0.3, -0.25) is 4.90 Å². The van der Waals surface area contributed by atoms with E-state index < -0.39 is 0 Å². The van der Waals surface area contributed by atoms with E-state index in [4.69, 9.17) is 4.74 Å². The smallest absolute Gasteiger partial charge is 0.0829 e. The first-order chi connectivity index (χ1) is 9.31. The maximum Gasteiger partial charge on any atom is 0.0829 e. The van der Waals surface area contributed by atoms with E-state index in [0.717, 1.165) is 32.3 Å². The molecule has 3 aliphatic rings. The molecule has 3 heterocycles. The van der Waals surface area contributed by atoms with Gasteiger partial charge in [-0.25, -0.2) is 0 Å². The third-order valence-corrected chi connectivity index (χ3v) is 4.95. The quantitative estimate of drug-likeness (QED) is 0.805. The molecule has 3 fully saturated rings. The molecule has 4 nitrogen and oxygen atoms in total. The Bertz CT molecular complexity index is 287. The molecule has 110 valence electrons. The van der Waals surface area contributed by atoms with Crippen LogP contribution in [0.5, 0.6) is 0 Å². The minimum Gasteiger partial charge on any atom is -0.374 e. The largest absolute Gasteiger partial charge is 0.374 e. The molecule has 0 saturated carbocycles. The molecule has 19 heavy (non-hydrogen) atoms. The van der Waals surface area contributed by atoms with Crippen LogP contribution < -0.4 is 5.32 Å². The number of hydrogen-bond acceptors (Lipinski definition) is 4. The molecule has 3 atom stereocenters. The van der Waals surface area contributed by atoms with Gasteiger partial charge in [0.15, 0.2) is 0 Å². The molecule has 0 aromatic rings. The molecule has 0 radical (unpaired) electrons. The third-order valence-electron chi connectivity index (χ3n) is 4.95. The molecule has 1 N–H and O–H groups in total. The number of rotatable bonds is 2. The first-order valence-electron chi connectivity index (χ1n) is 8.12. The Labute approximate surface area is 117 Å². The SMILES string of the molecule is CC1CCN(CC2CN3CCCC3CO2)CCCN1. The van der Waals surface area contributed by atoms with Crippen molar-refractivity contribution >= 4 is 0 Å². The van der Waals surface area contributed by atoms with Gasteiger partial charge in [0.1, 0.15) is 0 Å². The van der Waals surface area contributed by atoms with Crippen LogP contribution >= 0.6 is 0 Å². The van der Waals surface area contributed by atoms with Gasteiger partial charge in [-0.1, -0.05) is 0 Å². The van der Waals surface area contributed by atoms with Gasteiger partial charge in [-0.2, -0.15) is 0 Å². The molecule has 0 amide bonds. The lowest BCUT2D eigenvalue weighted by Gasteiger charge is -2.38. The van der Waals surface area contributed by atoms with Crippen LogP contribution in [0.15, 0.2) is 0 Å². The zero-order valence-corrected chi connectivity index (χ0v) is 12.3. The Morgan fingerprint density at radius 3 is 3.05 bits per heavy atom. The maximum atomic E-state index is 6.09. The van der Waals surface area contributed by atoms with Crippen LogP contribution in [0.4, 0.5) is 0 Å². The minimum absolute atomic E-state index is 0.442. The van der Waals surface area contributed by atoms with E-state index in [0.29, 0.717) is 12.1 Å². The van der Waals surface area contributed by atoms with E-state index in [2.05, 4.69) is 22.0 Å². The highest BCUT2D eigenvalue weighted by atomic mass is 16.5. The molecule has 0 aromatic carbocycles. The van der Waals surface area contributed by atoms with Gasteiger partial charge < -0.3 is 15.0 Å². The molecular weight excluding hydrogens is 238 g/mol. The Morgan fingerprint density at radius 1 is 1.16 bits per heavy atom. The first kappa shape index (κ1) is 13.8. The van der Waals surface area contributed by atoms with Crippen molar-refractivity contribution in [1.82, 2.24) is 15.1 Å². The summed E-state index contributed by atoms with van der Waals surface area (Å²) >= 11 is 0. The van der Waals surface area contributed by atoms with Gasteiger partial charge in [-0.05, 0) is 58.8 Å². The van der Waals surface area contributed by atoms with Crippen molar-refractivity contribution in [3.63, 3.8) is 0 Å². The Morgan fingerprint density at radius 2 is 2.11 bits per heavy atom. The van der Waals surface area contributed by atoms with Gasteiger partial charge in [0.2, 0.25) is 0 Å². The number of hydrogen-bond donors (Lipinski definition) is 1. The second-order valence-corrected chi connectivity index (χ2v) is 6.54. The molecule has 3 aliphatic heterocycles. The second kappa shape index (κ2) is 6.53. The first-order valence-corrected chi connectivity index (χ1v) is 8.12. The monoisotopic (exact) mass is 267 g/mol. The van der Waals surface area contributed by atoms with Crippen molar-refractivity contribution in [3.8, 4) is 0 Å². The molecule has 3 unspecified atom stereocenters. The molecular formula is C15H29N3O. The third kappa shape index (κ3) is 3.69. The van der Waals surface area contributed by atoms with Gasteiger partial charge in [-0.15, -0.1) is 0 Å². The van der Waals surface area contributed by atoms with Crippen molar-refractivity contribution < 1.29 is 4.74 Å². The van der Waals surface area contributed by atoms with Crippen LogP contribution in [0, 0.1) is 0 Å². The predicted molar refractivity (Wildman–Crippen MR) is 77.5 cm³/mol. The van der Waals surface area contributed by atoms with Gasteiger partial charge in [0.05, 0.1) is 12.7 Å². The lowest BCUT2D eigenvalue weighted by molar-refractivity contribution is -0.0617. The molecule has 0 spiro atoms. The summed E-state index contributed by atoms with van der Waals surface area (Å²) in [4.78, 5) is 5.28. The highest BCUT2D eigenvalue weighted by molar-refractivity contribution is 4.86. The van der Waals surface area contributed by atoms with E-state index in [1.807, 2.05) is 0 Å². The molecule has 4 heteroatoms. The van der Waals surface area contributed by atoms with Crippen molar-refractivity contribution in [2.24, 2.45) is 0 Å². The van der Waals surface area contributed by atoms with E-state index >= 15 is 0 Å². The Hall–Kier alpha value is -0.160. The summed E-state index contributed by atoms with van der Waals surface area (Å²) in [5, 5.41) is 3.57. The Balaban J connectivity index is 1.47. The summed E-state index contributed by atoms with van der Waals surface area (Å²) < 4.78 is 6.09. The summed E-state index contributed by atoms with van der Waals surface area (Å²) in [6.45, 7) is 10.5. The molecule has 0 aliphatic carbocycles. The van der Waals surface area contributed by atoms with Crippen LogP contribution in [0.3, 0.4) is 0 Å². The number of morpholine rings is 1. The summed E-state index contributed by atoms with van der Waals surface area (Å²) in [5.74, 6) is 0. The van der Waals surface area contributed by atoms with Crippen LogP contribution in [0.2, 0.25) is 0 Å². The minimum atomic E-state index is 0.442. The summed E-state index contributed by atoms with van der Waals surface area (Å²) in [6.07, 6.45) is 5.69. The summed E-state index contributed by atoms with van der Waals surface area (Å²) in [7, 11) is 0. The fraction of sp³-hybridized carbons (Fsp3) is 1.00. The zero-order chi connectivity index (χ0) is 13.1. The zero-order valence-electron chi connectivity index (χ0n) is 12.3. The average Bonchev–Trinajstić information content (AvgIpc) is 2.85. The highest BCUT2D eigenvalue weighted by Crippen LogP contribution is 2.23. The standard InChI is InChI=1S/C15H29N3O/c1-13-5-9-17(7-3-6-16-13)10-15-11-18-8-2-4-14(18)12-19-15/h13-16H,2-12H2,1H3. The average molecular weight is 267 g/mol. The van der Waals surface area contributed by atoms with Crippen molar-refractivity contribution in [2.45, 2.75) is 50.8 Å². The lowest BCUT2D eigenvalue weighted by atomic mass is 10.1. The lowest BCUT2D eigenvalue weighted by Crippen LogP contribution is -2.51. The summed E-state index contributed by atoms with van der Waals surface area (Å²) in [6, 6.07) is 1.39. The van der Waals surface area contributed by atoms with Crippen LogP contribution in [0.1, 0.15) is 32.6 Å². The van der Waals surface area contributed by atoms with E-state index in [1.165, 1.54) is 45.3 Å². The molecule has 0 aromatic heterocycles. The van der Waals surface area contributed by atoms with Crippen molar-refractivity contribution in [2.75, 3.05) is 45.9 Å². The number of ether oxygens (including phenoxy) is 1.